The Bertz CT molecular complexity index is 382. The van der Waals surface area contributed by atoms with E-state index in [0.29, 0.717) is 18.0 Å². The van der Waals surface area contributed by atoms with Gasteiger partial charge in [0.15, 0.2) is 5.78 Å². The third kappa shape index (κ3) is 4.84. The number of benzene rings is 1. The van der Waals surface area contributed by atoms with Crippen LogP contribution in [-0.2, 0) is 0 Å². The first-order valence-electron chi connectivity index (χ1n) is 5.83. The van der Waals surface area contributed by atoms with Crippen LogP contribution < -0.4 is 5.73 Å². The van der Waals surface area contributed by atoms with Gasteiger partial charge in [-0.3, -0.25) is 4.79 Å². The van der Waals surface area contributed by atoms with E-state index in [1.807, 2.05) is 0 Å². The minimum Gasteiger partial charge on any atom is -0.330 e. The minimum absolute atomic E-state index is 0.0951. The summed E-state index contributed by atoms with van der Waals surface area (Å²) in [6, 6.07) is 3.86. The van der Waals surface area contributed by atoms with Crippen LogP contribution in [0.2, 0.25) is 5.02 Å². The lowest BCUT2D eigenvalue weighted by Crippen LogP contribution is -2.01. The van der Waals surface area contributed by atoms with Crippen LogP contribution in [0.4, 0.5) is 4.39 Å². The highest BCUT2D eigenvalue weighted by Gasteiger charge is 2.10. The first kappa shape index (κ1) is 14.1. The molecular formula is C13H17ClFNO. The molecule has 0 unspecified atom stereocenters. The van der Waals surface area contributed by atoms with Crippen molar-refractivity contribution in [1.29, 1.82) is 0 Å². The van der Waals surface area contributed by atoms with E-state index in [1.54, 1.807) is 0 Å². The van der Waals surface area contributed by atoms with Crippen molar-refractivity contribution >= 4 is 17.4 Å². The number of carbonyl (C=O) groups is 1. The van der Waals surface area contributed by atoms with Gasteiger partial charge in [-0.1, -0.05) is 24.4 Å². The third-order valence-corrected chi connectivity index (χ3v) is 2.92. The zero-order chi connectivity index (χ0) is 12.7. The van der Waals surface area contributed by atoms with E-state index in [2.05, 4.69) is 0 Å². The highest BCUT2D eigenvalue weighted by molar-refractivity contribution is 6.33. The van der Waals surface area contributed by atoms with Crippen molar-refractivity contribution in [3.8, 4) is 0 Å². The van der Waals surface area contributed by atoms with Crippen molar-refractivity contribution in [3.63, 3.8) is 0 Å². The lowest BCUT2D eigenvalue weighted by molar-refractivity contribution is 0.0979. The summed E-state index contributed by atoms with van der Waals surface area (Å²) in [5.41, 5.74) is 5.65. The Morgan fingerprint density at radius 1 is 1.24 bits per heavy atom. The van der Waals surface area contributed by atoms with Gasteiger partial charge in [0.25, 0.3) is 0 Å². The molecule has 1 aromatic carbocycles. The van der Waals surface area contributed by atoms with Gasteiger partial charge in [-0.25, -0.2) is 4.39 Å². The molecule has 94 valence electrons. The molecule has 17 heavy (non-hydrogen) atoms. The molecule has 0 atom stereocenters. The number of ketones is 1. The average molecular weight is 258 g/mol. The molecule has 0 fully saturated rings. The number of halogens is 2. The fourth-order valence-corrected chi connectivity index (χ4v) is 1.85. The van der Waals surface area contributed by atoms with Gasteiger partial charge in [0.2, 0.25) is 0 Å². The Labute approximate surface area is 106 Å². The van der Waals surface area contributed by atoms with Gasteiger partial charge in [0.1, 0.15) is 5.82 Å². The fourth-order valence-electron chi connectivity index (χ4n) is 1.63. The van der Waals surface area contributed by atoms with Gasteiger partial charge in [-0.05, 0) is 37.6 Å². The Morgan fingerprint density at radius 3 is 2.65 bits per heavy atom. The zero-order valence-electron chi connectivity index (χ0n) is 9.72. The third-order valence-electron chi connectivity index (χ3n) is 2.59. The molecule has 2 N–H and O–H groups in total. The number of nitrogens with two attached hydrogens (primary N) is 1. The number of Topliss-reactive ketones (excluding diaryl/α,β-unsaturated/α-hetero) is 1. The van der Waals surface area contributed by atoms with Crippen LogP contribution in [-0.4, -0.2) is 12.3 Å². The topological polar surface area (TPSA) is 43.1 Å². The van der Waals surface area contributed by atoms with Gasteiger partial charge in [-0.2, -0.15) is 0 Å². The lowest BCUT2D eigenvalue weighted by Gasteiger charge is -2.03. The predicted molar refractivity (Wildman–Crippen MR) is 67.9 cm³/mol. The average Bonchev–Trinajstić information content (AvgIpc) is 2.32. The summed E-state index contributed by atoms with van der Waals surface area (Å²) < 4.78 is 13.0. The number of hydrogen-bond donors (Lipinski definition) is 1. The molecule has 0 radical (unpaired) electrons. The van der Waals surface area contributed by atoms with Gasteiger partial charge < -0.3 is 5.73 Å². The van der Waals surface area contributed by atoms with Crippen LogP contribution in [0.5, 0.6) is 0 Å². The van der Waals surface area contributed by atoms with Crippen molar-refractivity contribution in [1.82, 2.24) is 0 Å². The standard InChI is InChI=1S/C13H17ClFNO/c14-12-7-6-10(15)9-11(12)13(17)5-3-1-2-4-8-16/h6-7,9H,1-5,8,16H2. The molecule has 1 rings (SSSR count). The first-order valence-corrected chi connectivity index (χ1v) is 6.21. The Morgan fingerprint density at radius 2 is 1.94 bits per heavy atom. The Hall–Kier alpha value is -0.930. The summed E-state index contributed by atoms with van der Waals surface area (Å²) in [4.78, 5) is 11.8. The summed E-state index contributed by atoms with van der Waals surface area (Å²) >= 11 is 5.85. The molecule has 0 spiro atoms. The molecule has 0 amide bonds. The second-order valence-electron chi connectivity index (χ2n) is 4.00. The maximum atomic E-state index is 13.0. The van der Waals surface area contributed by atoms with E-state index in [-0.39, 0.29) is 11.3 Å². The van der Waals surface area contributed by atoms with E-state index in [1.165, 1.54) is 18.2 Å². The SMILES string of the molecule is NCCCCCCC(=O)c1cc(F)ccc1Cl. The second kappa shape index (κ2) is 7.41. The van der Waals surface area contributed by atoms with Gasteiger partial charge in [0, 0.05) is 12.0 Å². The van der Waals surface area contributed by atoms with Crippen LogP contribution in [0.15, 0.2) is 18.2 Å². The van der Waals surface area contributed by atoms with Gasteiger partial charge in [-0.15, -0.1) is 0 Å². The van der Waals surface area contributed by atoms with Gasteiger partial charge >= 0.3 is 0 Å². The molecule has 0 saturated carbocycles. The molecule has 2 nitrogen and oxygen atoms in total. The highest BCUT2D eigenvalue weighted by Crippen LogP contribution is 2.19. The van der Waals surface area contributed by atoms with Crippen LogP contribution in [0.1, 0.15) is 42.5 Å². The van der Waals surface area contributed by atoms with Crippen LogP contribution in [0.25, 0.3) is 0 Å². The summed E-state index contributed by atoms with van der Waals surface area (Å²) in [6.07, 6.45) is 4.19. The molecule has 0 aliphatic heterocycles. The Kier molecular flexibility index (Phi) is 6.16. The summed E-state index contributed by atoms with van der Waals surface area (Å²) in [7, 11) is 0. The minimum atomic E-state index is -0.430. The normalized spacial score (nSPS) is 10.5. The quantitative estimate of drug-likeness (QED) is 0.599. The lowest BCUT2D eigenvalue weighted by atomic mass is 10.0. The maximum Gasteiger partial charge on any atom is 0.164 e. The van der Waals surface area contributed by atoms with Crippen molar-refractivity contribution in [2.75, 3.05) is 6.54 Å². The van der Waals surface area contributed by atoms with E-state index < -0.39 is 5.82 Å². The summed E-state index contributed by atoms with van der Waals surface area (Å²) in [6.45, 7) is 0.684. The van der Waals surface area contributed by atoms with Crippen molar-refractivity contribution in [2.24, 2.45) is 5.73 Å². The molecule has 1 aromatic rings. The van der Waals surface area contributed by atoms with Gasteiger partial charge in [0.05, 0.1) is 5.02 Å². The molecule has 0 aliphatic rings. The molecule has 0 saturated heterocycles. The van der Waals surface area contributed by atoms with E-state index in [9.17, 15) is 9.18 Å². The van der Waals surface area contributed by atoms with Crippen molar-refractivity contribution in [2.45, 2.75) is 32.1 Å². The van der Waals surface area contributed by atoms with E-state index >= 15 is 0 Å². The molecule has 0 heterocycles. The molecule has 0 bridgehead atoms. The highest BCUT2D eigenvalue weighted by atomic mass is 35.5. The summed E-state index contributed by atoms with van der Waals surface area (Å²) in [5.74, 6) is -0.525. The molecule has 4 heteroatoms. The monoisotopic (exact) mass is 257 g/mol. The van der Waals surface area contributed by atoms with E-state index in [4.69, 9.17) is 17.3 Å². The van der Waals surface area contributed by atoms with Crippen LogP contribution >= 0.6 is 11.6 Å². The number of unbranched alkanes of at least 4 members (excludes halogenated alkanes) is 3. The molecular weight excluding hydrogens is 241 g/mol. The Balaban J connectivity index is 2.44. The van der Waals surface area contributed by atoms with Crippen LogP contribution in [0.3, 0.4) is 0 Å². The molecule has 0 aliphatic carbocycles. The number of rotatable bonds is 7. The zero-order valence-corrected chi connectivity index (χ0v) is 10.5. The van der Waals surface area contributed by atoms with Crippen molar-refractivity contribution in [3.05, 3.63) is 34.6 Å². The molecule has 0 aromatic heterocycles. The predicted octanol–water partition coefficient (Wildman–Crippen LogP) is 3.57. The maximum absolute atomic E-state index is 13.0. The number of carbonyl (C=O) groups excluding carboxylic acids is 1. The second-order valence-corrected chi connectivity index (χ2v) is 4.41. The fraction of sp³-hybridized carbons (Fsp3) is 0.462. The summed E-state index contributed by atoms with van der Waals surface area (Å²) in [5, 5.41) is 0.318. The largest absolute Gasteiger partial charge is 0.330 e. The first-order chi connectivity index (χ1) is 8.15. The van der Waals surface area contributed by atoms with Crippen molar-refractivity contribution < 1.29 is 9.18 Å². The van der Waals surface area contributed by atoms with E-state index in [0.717, 1.165) is 25.7 Å². The smallest absolute Gasteiger partial charge is 0.164 e. The number of hydrogen-bond acceptors (Lipinski definition) is 2. The van der Waals surface area contributed by atoms with Crippen LogP contribution in [0, 0.1) is 5.82 Å².